The van der Waals surface area contributed by atoms with E-state index < -0.39 is 0 Å². The molecular formula is C12H13Na. The summed E-state index contributed by atoms with van der Waals surface area (Å²) in [6.45, 7) is 4.25. The number of benzene rings is 2. The van der Waals surface area contributed by atoms with Crippen LogP contribution in [0.1, 0.15) is 12.6 Å². The van der Waals surface area contributed by atoms with Crippen molar-refractivity contribution < 1.29 is 31.0 Å². The van der Waals surface area contributed by atoms with Crippen LogP contribution >= 0.6 is 0 Å². The van der Waals surface area contributed by atoms with E-state index in [9.17, 15) is 0 Å². The Kier molecular flexibility index (Phi) is 3.55. The quantitative estimate of drug-likeness (QED) is 0.520. The van der Waals surface area contributed by atoms with Crippen molar-refractivity contribution in [2.45, 2.75) is 13.8 Å². The minimum absolute atomic E-state index is 0. The van der Waals surface area contributed by atoms with E-state index in [2.05, 4.69) is 50.2 Å². The van der Waals surface area contributed by atoms with Crippen LogP contribution < -0.4 is 29.6 Å². The molecule has 13 heavy (non-hydrogen) atoms. The monoisotopic (exact) mass is 180 g/mol. The molecule has 2 aromatic rings. The smallest absolute Gasteiger partial charge is 1.00 e. The van der Waals surface area contributed by atoms with Gasteiger partial charge in [-0.25, -0.2) is 0 Å². The van der Waals surface area contributed by atoms with E-state index in [1.165, 1.54) is 21.9 Å². The summed E-state index contributed by atoms with van der Waals surface area (Å²) in [7, 11) is 0. The molecule has 0 N–H and O–H groups in total. The molecule has 0 nitrogen and oxygen atoms in total. The standard InChI is InChI=1S/C12H12.Na.H/c1-9-3-5-12-8-10(2)4-6-11(12)7-9;;/h3-8H,1-2H3;;/q;+1;-1. The Morgan fingerprint density at radius 2 is 1.15 bits per heavy atom. The van der Waals surface area contributed by atoms with Gasteiger partial charge in [0.15, 0.2) is 0 Å². The van der Waals surface area contributed by atoms with Crippen molar-refractivity contribution in [2.24, 2.45) is 0 Å². The topological polar surface area (TPSA) is 0 Å². The number of hydrogen-bond acceptors (Lipinski definition) is 0. The average molecular weight is 180 g/mol. The molecule has 0 saturated heterocycles. The second-order valence-corrected chi connectivity index (χ2v) is 3.35. The molecule has 0 aliphatic heterocycles. The van der Waals surface area contributed by atoms with Crippen LogP contribution in [0.3, 0.4) is 0 Å². The van der Waals surface area contributed by atoms with E-state index in [0.717, 1.165) is 0 Å². The van der Waals surface area contributed by atoms with Crippen LogP contribution in [0.4, 0.5) is 0 Å². The minimum atomic E-state index is 0. The van der Waals surface area contributed by atoms with Gasteiger partial charge in [0.25, 0.3) is 0 Å². The van der Waals surface area contributed by atoms with Gasteiger partial charge in [-0.1, -0.05) is 47.5 Å². The number of aryl methyl sites for hydroxylation is 2. The Labute approximate surface area is 103 Å². The van der Waals surface area contributed by atoms with Crippen LogP contribution in [0, 0.1) is 13.8 Å². The molecule has 0 bridgehead atoms. The van der Waals surface area contributed by atoms with Crippen LogP contribution in [-0.4, -0.2) is 0 Å². The minimum Gasteiger partial charge on any atom is -1.00 e. The van der Waals surface area contributed by atoms with Gasteiger partial charge in [0.1, 0.15) is 0 Å². The molecule has 2 rings (SSSR count). The molecule has 0 amide bonds. The summed E-state index contributed by atoms with van der Waals surface area (Å²) in [5, 5.41) is 2.67. The zero-order valence-electron chi connectivity index (χ0n) is 9.46. The molecular weight excluding hydrogens is 167 g/mol. The van der Waals surface area contributed by atoms with Crippen molar-refractivity contribution in [3.63, 3.8) is 0 Å². The number of hydrogen-bond donors (Lipinski definition) is 0. The number of fused-ring (bicyclic) bond motifs is 1. The fourth-order valence-electron chi connectivity index (χ4n) is 1.48. The van der Waals surface area contributed by atoms with Gasteiger partial charge in [-0.05, 0) is 24.6 Å². The SMILES string of the molecule is Cc1ccc2cc(C)ccc2c1.[H-].[Na+]. The summed E-state index contributed by atoms with van der Waals surface area (Å²) in [4.78, 5) is 0. The summed E-state index contributed by atoms with van der Waals surface area (Å²) in [6.07, 6.45) is 0. The molecule has 1 heteroatoms. The van der Waals surface area contributed by atoms with Crippen molar-refractivity contribution >= 4 is 10.8 Å². The van der Waals surface area contributed by atoms with Crippen molar-refractivity contribution in [3.8, 4) is 0 Å². The van der Waals surface area contributed by atoms with E-state index in [4.69, 9.17) is 0 Å². The van der Waals surface area contributed by atoms with Gasteiger partial charge >= 0.3 is 29.6 Å². The Bertz CT molecular complexity index is 382. The van der Waals surface area contributed by atoms with Crippen molar-refractivity contribution in [3.05, 3.63) is 47.5 Å². The van der Waals surface area contributed by atoms with Gasteiger partial charge in [0.05, 0.1) is 0 Å². The van der Waals surface area contributed by atoms with Gasteiger partial charge < -0.3 is 1.43 Å². The van der Waals surface area contributed by atoms with Crippen molar-refractivity contribution in [1.82, 2.24) is 0 Å². The van der Waals surface area contributed by atoms with Crippen LogP contribution in [0.2, 0.25) is 0 Å². The van der Waals surface area contributed by atoms with Gasteiger partial charge in [-0.15, -0.1) is 0 Å². The molecule has 0 aliphatic rings. The second-order valence-electron chi connectivity index (χ2n) is 3.35. The van der Waals surface area contributed by atoms with Crippen LogP contribution in [0.5, 0.6) is 0 Å². The molecule has 0 heterocycles. The van der Waals surface area contributed by atoms with E-state index in [-0.39, 0.29) is 31.0 Å². The average Bonchev–Trinajstić information content (AvgIpc) is 2.05. The van der Waals surface area contributed by atoms with Crippen LogP contribution in [-0.2, 0) is 0 Å². The summed E-state index contributed by atoms with van der Waals surface area (Å²) < 4.78 is 0. The largest absolute Gasteiger partial charge is 1.00 e. The Morgan fingerprint density at radius 3 is 1.54 bits per heavy atom. The first kappa shape index (κ1) is 10.8. The third-order valence-electron chi connectivity index (χ3n) is 2.15. The maximum Gasteiger partial charge on any atom is 1.00 e. The molecule has 0 saturated carbocycles. The van der Waals surface area contributed by atoms with Crippen molar-refractivity contribution in [1.29, 1.82) is 0 Å². The molecule has 2 aromatic carbocycles. The molecule has 0 atom stereocenters. The first-order valence-corrected chi connectivity index (χ1v) is 4.23. The molecule has 0 spiro atoms. The first-order valence-electron chi connectivity index (χ1n) is 4.23. The van der Waals surface area contributed by atoms with E-state index in [1.807, 2.05) is 0 Å². The Hall–Kier alpha value is -0.300. The zero-order valence-corrected chi connectivity index (χ0v) is 10.5. The molecule has 0 aromatic heterocycles. The van der Waals surface area contributed by atoms with E-state index in [1.54, 1.807) is 0 Å². The summed E-state index contributed by atoms with van der Waals surface area (Å²) in [5.74, 6) is 0. The summed E-state index contributed by atoms with van der Waals surface area (Å²) in [6, 6.07) is 13.1. The van der Waals surface area contributed by atoms with Crippen molar-refractivity contribution in [2.75, 3.05) is 0 Å². The van der Waals surface area contributed by atoms with E-state index >= 15 is 0 Å². The van der Waals surface area contributed by atoms with Gasteiger partial charge in [-0.3, -0.25) is 0 Å². The Balaban J connectivity index is 0.000000845. The molecule has 0 aliphatic carbocycles. The molecule has 62 valence electrons. The third kappa shape index (κ3) is 2.34. The molecule has 0 unspecified atom stereocenters. The fraction of sp³-hybridized carbons (Fsp3) is 0.167. The third-order valence-corrected chi connectivity index (χ3v) is 2.15. The van der Waals surface area contributed by atoms with Crippen LogP contribution in [0.25, 0.3) is 10.8 Å². The fourth-order valence-corrected chi connectivity index (χ4v) is 1.48. The van der Waals surface area contributed by atoms with Gasteiger partial charge in [0, 0.05) is 0 Å². The van der Waals surface area contributed by atoms with E-state index in [0.29, 0.717) is 0 Å². The van der Waals surface area contributed by atoms with Gasteiger partial charge in [0.2, 0.25) is 0 Å². The molecule has 0 fully saturated rings. The zero-order chi connectivity index (χ0) is 8.55. The molecule has 0 radical (unpaired) electrons. The summed E-state index contributed by atoms with van der Waals surface area (Å²) >= 11 is 0. The maximum atomic E-state index is 2.22. The predicted molar refractivity (Wildman–Crippen MR) is 54.5 cm³/mol. The Morgan fingerprint density at radius 1 is 0.769 bits per heavy atom. The summed E-state index contributed by atoms with van der Waals surface area (Å²) in [5.41, 5.74) is 2.65. The predicted octanol–water partition coefficient (Wildman–Crippen LogP) is 0.573. The van der Waals surface area contributed by atoms with Gasteiger partial charge in [-0.2, -0.15) is 0 Å². The second kappa shape index (κ2) is 4.28. The number of rotatable bonds is 0. The normalized spacial score (nSPS) is 9.69. The first-order chi connectivity index (χ1) is 5.75. The maximum absolute atomic E-state index is 2.22. The van der Waals surface area contributed by atoms with Crippen LogP contribution in [0.15, 0.2) is 36.4 Å².